The van der Waals surface area contributed by atoms with Crippen molar-refractivity contribution >= 4 is 10.9 Å². The third kappa shape index (κ3) is 5.98. The molecular formula is C28H32F4N2O2. The van der Waals surface area contributed by atoms with E-state index < -0.39 is 29.4 Å². The van der Waals surface area contributed by atoms with Crippen molar-refractivity contribution in [2.24, 2.45) is 5.92 Å². The second kappa shape index (κ2) is 12.0. The van der Waals surface area contributed by atoms with Gasteiger partial charge in [0.1, 0.15) is 17.4 Å². The maximum atomic E-state index is 14.8. The summed E-state index contributed by atoms with van der Waals surface area (Å²) in [6.45, 7) is 1.74. The van der Waals surface area contributed by atoms with Gasteiger partial charge < -0.3 is 15.2 Å². The van der Waals surface area contributed by atoms with E-state index in [0.717, 1.165) is 38.2 Å². The first kappa shape index (κ1) is 26.4. The van der Waals surface area contributed by atoms with Crippen LogP contribution in [0.15, 0.2) is 30.5 Å². The molecule has 0 amide bonds. The minimum Gasteiger partial charge on any atom is -0.497 e. The molecule has 0 spiro atoms. The number of benzene rings is 2. The summed E-state index contributed by atoms with van der Waals surface area (Å²) in [4.78, 5) is 4.08. The Bertz CT molecular complexity index is 1200. The lowest BCUT2D eigenvalue weighted by Crippen LogP contribution is -2.34. The quantitative estimate of drug-likeness (QED) is 0.276. The third-order valence-electron chi connectivity index (χ3n) is 7.19. The Balaban J connectivity index is 1.39. The van der Waals surface area contributed by atoms with E-state index in [4.69, 9.17) is 4.74 Å². The van der Waals surface area contributed by atoms with E-state index in [1.165, 1.54) is 7.11 Å². The number of pyridine rings is 1. The molecule has 2 N–H and O–H groups in total. The first-order chi connectivity index (χ1) is 17.4. The SMILES string of the molecule is COc1ccc2ncc(F)c(CCCc3c(F)cc(CCCC(O)C4CCNCC4)c(F)c3F)c2c1. The number of aromatic nitrogens is 1. The summed E-state index contributed by atoms with van der Waals surface area (Å²) in [5.41, 5.74) is 0.612. The zero-order valence-electron chi connectivity index (χ0n) is 20.4. The van der Waals surface area contributed by atoms with Gasteiger partial charge in [-0.05, 0) is 106 Å². The molecule has 3 aromatic rings. The van der Waals surface area contributed by atoms with Crippen LogP contribution in [0.3, 0.4) is 0 Å². The molecule has 2 heterocycles. The lowest BCUT2D eigenvalue weighted by molar-refractivity contribution is 0.0792. The molecule has 1 saturated heterocycles. The van der Waals surface area contributed by atoms with Gasteiger partial charge in [0.2, 0.25) is 0 Å². The van der Waals surface area contributed by atoms with E-state index in [1.807, 2.05) is 0 Å². The normalized spacial score (nSPS) is 15.4. The topological polar surface area (TPSA) is 54.4 Å². The summed E-state index contributed by atoms with van der Waals surface area (Å²) in [7, 11) is 1.51. The monoisotopic (exact) mass is 504 g/mol. The fourth-order valence-electron chi connectivity index (χ4n) is 5.08. The molecule has 194 valence electrons. The van der Waals surface area contributed by atoms with Crippen LogP contribution in [0.2, 0.25) is 0 Å². The van der Waals surface area contributed by atoms with Gasteiger partial charge in [0.15, 0.2) is 11.6 Å². The molecule has 1 unspecified atom stereocenters. The van der Waals surface area contributed by atoms with Crippen molar-refractivity contribution in [1.82, 2.24) is 10.3 Å². The van der Waals surface area contributed by atoms with Crippen molar-refractivity contribution in [3.05, 3.63) is 70.4 Å². The van der Waals surface area contributed by atoms with Crippen LogP contribution in [-0.2, 0) is 19.3 Å². The van der Waals surface area contributed by atoms with Crippen LogP contribution in [0.5, 0.6) is 5.75 Å². The predicted molar refractivity (Wildman–Crippen MR) is 131 cm³/mol. The Hall–Kier alpha value is -2.71. The summed E-state index contributed by atoms with van der Waals surface area (Å²) in [5.74, 6) is -2.79. The standard InChI is InChI=1S/C28H32F4N2O2/c1-36-19-8-9-25-22(15-19)20(24(30)16-34-25)5-3-6-21-23(29)14-18(27(31)28(21)32)4-2-7-26(35)17-10-12-33-13-11-17/h8-9,14-17,26,33,35H,2-7,10-13H2,1H3. The fourth-order valence-corrected chi connectivity index (χ4v) is 5.08. The molecule has 2 aromatic carbocycles. The molecule has 0 radical (unpaired) electrons. The number of hydrogen-bond acceptors (Lipinski definition) is 4. The van der Waals surface area contributed by atoms with Crippen molar-refractivity contribution in [3.63, 3.8) is 0 Å². The van der Waals surface area contributed by atoms with Crippen LogP contribution in [0.25, 0.3) is 10.9 Å². The van der Waals surface area contributed by atoms with E-state index in [9.17, 15) is 22.7 Å². The molecule has 1 atom stereocenters. The molecule has 0 aliphatic carbocycles. The number of rotatable bonds is 10. The molecule has 4 nitrogen and oxygen atoms in total. The highest BCUT2D eigenvalue weighted by Gasteiger charge is 2.23. The van der Waals surface area contributed by atoms with E-state index in [1.54, 1.807) is 18.2 Å². The van der Waals surface area contributed by atoms with Crippen molar-refractivity contribution < 1.29 is 27.4 Å². The van der Waals surface area contributed by atoms with E-state index in [-0.39, 0.29) is 42.7 Å². The summed E-state index contributed by atoms with van der Waals surface area (Å²) < 4.78 is 64.0. The van der Waals surface area contributed by atoms with Crippen molar-refractivity contribution in [1.29, 1.82) is 0 Å². The Kier molecular flexibility index (Phi) is 8.80. The second-order valence-corrected chi connectivity index (χ2v) is 9.49. The van der Waals surface area contributed by atoms with Gasteiger partial charge in [0, 0.05) is 10.9 Å². The number of ether oxygens (including phenoxy) is 1. The van der Waals surface area contributed by atoms with Gasteiger partial charge >= 0.3 is 0 Å². The van der Waals surface area contributed by atoms with Gasteiger partial charge in [-0.15, -0.1) is 0 Å². The highest BCUT2D eigenvalue weighted by molar-refractivity contribution is 5.83. The number of fused-ring (bicyclic) bond motifs is 1. The fraction of sp³-hybridized carbons (Fsp3) is 0.464. The average Bonchev–Trinajstić information content (AvgIpc) is 2.90. The van der Waals surface area contributed by atoms with Gasteiger partial charge in [0.25, 0.3) is 0 Å². The van der Waals surface area contributed by atoms with Crippen LogP contribution in [0, 0.1) is 29.2 Å². The zero-order valence-corrected chi connectivity index (χ0v) is 20.4. The second-order valence-electron chi connectivity index (χ2n) is 9.49. The molecule has 4 rings (SSSR count). The van der Waals surface area contributed by atoms with Crippen molar-refractivity contribution in [2.75, 3.05) is 20.2 Å². The van der Waals surface area contributed by atoms with Crippen LogP contribution < -0.4 is 10.1 Å². The van der Waals surface area contributed by atoms with Crippen LogP contribution in [0.1, 0.15) is 48.8 Å². The predicted octanol–water partition coefficient (Wildman–Crippen LogP) is 5.66. The summed E-state index contributed by atoms with van der Waals surface area (Å²) in [6.07, 6.45) is 3.83. The molecule has 0 saturated carbocycles. The number of piperidine rings is 1. The van der Waals surface area contributed by atoms with E-state index in [2.05, 4.69) is 10.3 Å². The maximum absolute atomic E-state index is 14.8. The number of nitrogens with one attached hydrogen (secondary N) is 1. The highest BCUT2D eigenvalue weighted by atomic mass is 19.2. The smallest absolute Gasteiger partial charge is 0.165 e. The molecule has 0 bridgehead atoms. The summed E-state index contributed by atoms with van der Waals surface area (Å²) in [5, 5.41) is 14.2. The molecule has 1 aliphatic rings. The molecule has 1 aliphatic heterocycles. The number of hydrogen-bond donors (Lipinski definition) is 2. The zero-order chi connectivity index (χ0) is 25.7. The molecule has 1 fully saturated rings. The lowest BCUT2D eigenvalue weighted by atomic mass is 9.89. The van der Waals surface area contributed by atoms with Gasteiger partial charge in [-0.1, -0.05) is 0 Å². The molecule has 8 heteroatoms. The summed E-state index contributed by atoms with van der Waals surface area (Å²) >= 11 is 0. The van der Waals surface area contributed by atoms with Crippen LogP contribution in [0.4, 0.5) is 17.6 Å². The van der Waals surface area contributed by atoms with Gasteiger partial charge in [0.05, 0.1) is 24.9 Å². The first-order valence-corrected chi connectivity index (χ1v) is 12.5. The third-order valence-corrected chi connectivity index (χ3v) is 7.19. The number of nitrogens with zero attached hydrogens (tertiary/aromatic N) is 1. The largest absolute Gasteiger partial charge is 0.497 e. The lowest BCUT2D eigenvalue weighted by Gasteiger charge is -2.27. The van der Waals surface area contributed by atoms with Crippen molar-refractivity contribution in [2.45, 2.75) is 57.5 Å². The van der Waals surface area contributed by atoms with Crippen LogP contribution >= 0.6 is 0 Å². The first-order valence-electron chi connectivity index (χ1n) is 12.5. The minimum absolute atomic E-state index is 0.0236. The number of aliphatic hydroxyl groups is 1. The number of aliphatic hydroxyl groups excluding tert-OH is 1. The molecule has 36 heavy (non-hydrogen) atoms. The minimum atomic E-state index is -1.19. The Labute approximate surface area is 208 Å². The Morgan fingerprint density at radius 3 is 2.47 bits per heavy atom. The van der Waals surface area contributed by atoms with E-state index in [0.29, 0.717) is 35.1 Å². The Morgan fingerprint density at radius 1 is 0.972 bits per heavy atom. The number of aryl methyl sites for hydroxylation is 2. The Morgan fingerprint density at radius 2 is 1.72 bits per heavy atom. The maximum Gasteiger partial charge on any atom is 0.165 e. The average molecular weight is 505 g/mol. The van der Waals surface area contributed by atoms with Crippen molar-refractivity contribution in [3.8, 4) is 5.75 Å². The van der Waals surface area contributed by atoms with E-state index >= 15 is 0 Å². The number of halogens is 4. The van der Waals surface area contributed by atoms with Gasteiger partial charge in [-0.2, -0.15) is 0 Å². The molecular weight excluding hydrogens is 472 g/mol. The van der Waals surface area contributed by atoms with Gasteiger partial charge in [-0.25, -0.2) is 17.6 Å². The van der Waals surface area contributed by atoms with Crippen LogP contribution in [-0.4, -0.2) is 36.4 Å². The van der Waals surface area contributed by atoms with Gasteiger partial charge in [-0.3, -0.25) is 4.98 Å². The number of methoxy groups -OCH3 is 1. The summed E-state index contributed by atoms with van der Waals surface area (Å²) in [6, 6.07) is 6.17. The highest BCUT2D eigenvalue weighted by Crippen LogP contribution is 2.28. The molecule has 1 aromatic heterocycles.